The van der Waals surface area contributed by atoms with Crippen molar-refractivity contribution in [1.29, 1.82) is 0 Å². The molecule has 0 bridgehead atoms. The lowest BCUT2D eigenvalue weighted by atomic mass is 10.2. The Morgan fingerprint density at radius 3 is 2.34 bits per heavy atom. The first-order valence-corrected chi connectivity index (χ1v) is 9.46. The van der Waals surface area contributed by atoms with Crippen LogP contribution in [0.3, 0.4) is 0 Å². The number of nitro groups is 1. The third-order valence-electron chi connectivity index (χ3n) is 4.37. The fourth-order valence-electron chi connectivity index (χ4n) is 2.87. The standard InChI is InChI=1S/C19H13F4N3O5S/c1-24-16(19(21,22)23)9-17(27)25(18(24)28)11-8-15(12(26(29)30)7-10(11)20)32-14-6-4-3-5-13(14)31-2/h3-9H,1-2H3. The number of hydrogen-bond donors (Lipinski definition) is 0. The van der Waals surface area contributed by atoms with E-state index in [0.29, 0.717) is 16.7 Å². The highest BCUT2D eigenvalue weighted by atomic mass is 32.2. The Balaban J connectivity index is 2.27. The Bertz CT molecular complexity index is 1330. The molecule has 0 N–H and O–H groups in total. The predicted molar refractivity (Wildman–Crippen MR) is 106 cm³/mol. The van der Waals surface area contributed by atoms with Crippen LogP contribution < -0.4 is 16.0 Å². The van der Waals surface area contributed by atoms with Gasteiger partial charge in [-0.1, -0.05) is 23.9 Å². The van der Waals surface area contributed by atoms with E-state index in [2.05, 4.69) is 0 Å². The van der Waals surface area contributed by atoms with E-state index in [4.69, 9.17) is 4.74 Å². The molecule has 13 heteroatoms. The Morgan fingerprint density at radius 2 is 1.75 bits per heavy atom. The van der Waals surface area contributed by atoms with E-state index >= 15 is 0 Å². The number of benzene rings is 2. The van der Waals surface area contributed by atoms with E-state index in [1.54, 1.807) is 24.3 Å². The summed E-state index contributed by atoms with van der Waals surface area (Å²) in [6.45, 7) is 0. The molecule has 0 aliphatic heterocycles. The second-order valence-corrected chi connectivity index (χ2v) is 7.41. The first kappa shape index (κ1) is 23.1. The van der Waals surface area contributed by atoms with Gasteiger partial charge in [-0.3, -0.25) is 19.5 Å². The second-order valence-electron chi connectivity index (χ2n) is 6.32. The van der Waals surface area contributed by atoms with Crippen LogP contribution >= 0.6 is 11.8 Å². The Kier molecular flexibility index (Phi) is 6.12. The van der Waals surface area contributed by atoms with Gasteiger partial charge < -0.3 is 4.74 Å². The average Bonchev–Trinajstić information content (AvgIpc) is 2.72. The fraction of sp³-hybridized carbons (Fsp3) is 0.158. The highest BCUT2D eigenvalue weighted by Gasteiger charge is 2.35. The van der Waals surface area contributed by atoms with Gasteiger partial charge in [0, 0.05) is 13.1 Å². The third kappa shape index (κ3) is 4.23. The van der Waals surface area contributed by atoms with Crippen LogP contribution in [0.25, 0.3) is 5.69 Å². The van der Waals surface area contributed by atoms with E-state index in [1.807, 2.05) is 0 Å². The highest BCUT2D eigenvalue weighted by molar-refractivity contribution is 7.99. The molecule has 1 heterocycles. The van der Waals surface area contributed by atoms with E-state index in [-0.39, 0.29) is 20.1 Å². The predicted octanol–water partition coefficient (Wildman–Crippen LogP) is 3.76. The summed E-state index contributed by atoms with van der Waals surface area (Å²) in [5, 5.41) is 11.4. The van der Waals surface area contributed by atoms with Crippen molar-refractivity contribution < 1.29 is 27.2 Å². The molecule has 0 aliphatic rings. The summed E-state index contributed by atoms with van der Waals surface area (Å²) in [6, 6.07) is 7.93. The first-order chi connectivity index (χ1) is 15.0. The summed E-state index contributed by atoms with van der Waals surface area (Å²) < 4.78 is 59.4. The monoisotopic (exact) mass is 471 g/mol. The third-order valence-corrected chi connectivity index (χ3v) is 5.47. The van der Waals surface area contributed by atoms with Gasteiger partial charge in [-0.25, -0.2) is 13.8 Å². The van der Waals surface area contributed by atoms with Gasteiger partial charge in [0.25, 0.3) is 11.2 Å². The summed E-state index contributed by atoms with van der Waals surface area (Å²) in [6.07, 6.45) is -4.99. The number of hydrogen-bond acceptors (Lipinski definition) is 6. The lowest BCUT2D eigenvalue weighted by Gasteiger charge is -2.15. The Labute approximate surface area is 180 Å². The largest absolute Gasteiger partial charge is 0.496 e. The van der Waals surface area contributed by atoms with Crippen molar-refractivity contribution in [2.24, 2.45) is 7.05 Å². The lowest BCUT2D eigenvalue weighted by molar-refractivity contribution is -0.387. The van der Waals surface area contributed by atoms with E-state index < -0.39 is 45.2 Å². The van der Waals surface area contributed by atoms with Crippen molar-refractivity contribution in [2.75, 3.05) is 7.11 Å². The maximum absolute atomic E-state index is 14.7. The molecular formula is C19H13F4N3O5S. The van der Waals surface area contributed by atoms with Crippen molar-refractivity contribution in [1.82, 2.24) is 9.13 Å². The van der Waals surface area contributed by atoms with Gasteiger partial charge in [0.1, 0.15) is 11.4 Å². The Hall–Kier alpha value is -3.61. The first-order valence-electron chi connectivity index (χ1n) is 8.65. The Morgan fingerprint density at radius 1 is 1.09 bits per heavy atom. The SMILES string of the molecule is COc1ccccc1Sc1cc(-n2c(=O)cc(C(F)(F)F)n(C)c2=O)c(F)cc1[N+](=O)[O-]. The van der Waals surface area contributed by atoms with Crippen molar-refractivity contribution >= 4 is 17.4 Å². The van der Waals surface area contributed by atoms with Gasteiger partial charge in [0.15, 0.2) is 5.82 Å². The minimum atomic E-state index is -4.99. The number of halogens is 4. The molecular weight excluding hydrogens is 458 g/mol. The van der Waals surface area contributed by atoms with Crippen LogP contribution in [0.15, 0.2) is 61.8 Å². The molecule has 32 heavy (non-hydrogen) atoms. The molecule has 3 aromatic rings. The van der Waals surface area contributed by atoms with Crippen molar-refractivity contribution in [2.45, 2.75) is 16.0 Å². The lowest BCUT2D eigenvalue weighted by Crippen LogP contribution is -2.41. The van der Waals surface area contributed by atoms with Crippen LogP contribution in [0, 0.1) is 15.9 Å². The number of ether oxygens (including phenoxy) is 1. The summed E-state index contributed by atoms with van der Waals surface area (Å²) in [5.41, 5.74) is -5.83. The number of methoxy groups -OCH3 is 1. The topological polar surface area (TPSA) is 96.4 Å². The van der Waals surface area contributed by atoms with Gasteiger partial charge in [-0.2, -0.15) is 13.2 Å². The van der Waals surface area contributed by atoms with Crippen LogP contribution in [0.1, 0.15) is 5.69 Å². The molecule has 0 fully saturated rings. The second kappa shape index (κ2) is 8.49. The average molecular weight is 471 g/mol. The number of aromatic nitrogens is 2. The molecule has 0 aliphatic carbocycles. The van der Waals surface area contributed by atoms with Crippen LogP contribution in [-0.4, -0.2) is 21.2 Å². The number of para-hydroxylation sites is 1. The quantitative estimate of drug-likeness (QED) is 0.319. The van der Waals surface area contributed by atoms with Crippen molar-refractivity contribution in [3.05, 3.63) is 84.9 Å². The van der Waals surface area contributed by atoms with Crippen LogP contribution in [0.5, 0.6) is 5.75 Å². The van der Waals surface area contributed by atoms with Crippen molar-refractivity contribution in [3.8, 4) is 11.4 Å². The molecule has 0 amide bonds. The van der Waals surface area contributed by atoms with Gasteiger partial charge in [-0.15, -0.1) is 0 Å². The summed E-state index contributed by atoms with van der Waals surface area (Å²) in [5.74, 6) is -0.986. The van der Waals surface area contributed by atoms with E-state index in [0.717, 1.165) is 24.9 Å². The molecule has 3 rings (SSSR count). The number of alkyl halides is 3. The minimum Gasteiger partial charge on any atom is -0.496 e. The smallest absolute Gasteiger partial charge is 0.431 e. The van der Waals surface area contributed by atoms with Gasteiger partial charge >= 0.3 is 11.9 Å². The van der Waals surface area contributed by atoms with Crippen LogP contribution in [0.4, 0.5) is 23.2 Å². The molecule has 0 atom stereocenters. The normalized spacial score (nSPS) is 11.4. The maximum Gasteiger partial charge on any atom is 0.431 e. The zero-order valence-electron chi connectivity index (χ0n) is 16.3. The molecule has 0 spiro atoms. The number of nitro benzene ring substituents is 1. The van der Waals surface area contributed by atoms with Crippen LogP contribution in [-0.2, 0) is 13.2 Å². The molecule has 0 radical (unpaired) electrons. The maximum atomic E-state index is 14.7. The van der Waals surface area contributed by atoms with Crippen molar-refractivity contribution in [3.63, 3.8) is 0 Å². The van der Waals surface area contributed by atoms with Gasteiger partial charge in [0.05, 0.1) is 33.6 Å². The highest BCUT2D eigenvalue weighted by Crippen LogP contribution is 2.40. The summed E-state index contributed by atoms with van der Waals surface area (Å²) in [7, 11) is 2.14. The minimum absolute atomic E-state index is 0.148. The number of nitrogens with zero attached hydrogens (tertiary/aromatic N) is 3. The van der Waals surface area contributed by atoms with Gasteiger partial charge in [0.2, 0.25) is 0 Å². The van der Waals surface area contributed by atoms with Crippen LogP contribution in [0.2, 0.25) is 0 Å². The zero-order chi connectivity index (χ0) is 23.8. The molecule has 0 unspecified atom stereocenters. The number of rotatable bonds is 5. The molecule has 0 saturated carbocycles. The molecule has 2 aromatic carbocycles. The molecule has 0 saturated heterocycles. The molecule has 1 aromatic heterocycles. The summed E-state index contributed by atoms with van der Waals surface area (Å²) >= 11 is 0.797. The summed E-state index contributed by atoms with van der Waals surface area (Å²) in [4.78, 5) is 35.6. The fourth-order valence-corrected chi connectivity index (χ4v) is 3.91. The molecule has 168 valence electrons. The van der Waals surface area contributed by atoms with E-state index in [9.17, 15) is 37.3 Å². The molecule has 8 nitrogen and oxygen atoms in total. The zero-order valence-corrected chi connectivity index (χ0v) is 17.2. The van der Waals surface area contributed by atoms with E-state index in [1.165, 1.54) is 7.11 Å². The van der Waals surface area contributed by atoms with Gasteiger partial charge in [-0.05, 0) is 18.2 Å².